The Hall–Kier alpha value is -2.81. The van der Waals surface area contributed by atoms with Crippen LogP contribution in [0, 0.1) is 19.3 Å². The first-order valence-corrected chi connectivity index (χ1v) is 8.57. The number of ether oxygens (including phenoxy) is 2. The highest BCUT2D eigenvalue weighted by Gasteiger charge is 2.67. The highest BCUT2D eigenvalue weighted by Crippen LogP contribution is 2.47. The van der Waals surface area contributed by atoms with Crippen molar-refractivity contribution < 1.29 is 28.9 Å². The number of carbonyl (C=O) groups is 1. The van der Waals surface area contributed by atoms with Crippen molar-refractivity contribution in [2.75, 3.05) is 13.2 Å². The quantitative estimate of drug-likeness (QED) is 0.614. The van der Waals surface area contributed by atoms with Crippen LogP contribution in [0.1, 0.15) is 25.3 Å². The van der Waals surface area contributed by atoms with Crippen LogP contribution in [0.25, 0.3) is 11.2 Å². The number of aromatic nitrogens is 4. The zero-order valence-electron chi connectivity index (χ0n) is 15.3. The van der Waals surface area contributed by atoms with E-state index in [1.165, 1.54) is 17.2 Å². The lowest BCUT2D eigenvalue weighted by Crippen LogP contribution is -2.53. The van der Waals surface area contributed by atoms with Crippen molar-refractivity contribution in [3.05, 3.63) is 18.3 Å². The molecule has 3 rings (SSSR count). The molecule has 0 radical (unpaired) electrons. The van der Waals surface area contributed by atoms with Crippen molar-refractivity contribution in [1.82, 2.24) is 24.8 Å². The van der Waals surface area contributed by atoms with Gasteiger partial charge < -0.3 is 25.0 Å². The number of halogens is 1. The maximum absolute atomic E-state index is 15.3. The van der Waals surface area contributed by atoms with Crippen molar-refractivity contribution in [3.8, 4) is 12.3 Å². The summed E-state index contributed by atoms with van der Waals surface area (Å²) in [5, 5.41) is 23.0. The Morgan fingerprint density at radius 1 is 1.54 bits per heavy atom. The highest BCUT2D eigenvalue weighted by molar-refractivity contribution is 5.73. The molecule has 11 heteroatoms. The van der Waals surface area contributed by atoms with Gasteiger partial charge in [-0.2, -0.15) is 0 Å². The van der Waals surface area contributed by atoms with Crippen LogP contribution in [0.4, 0.5) is 9.18 Å². The van der Waals surface area contributed by atoms with Gasteiger partial charge in [-0.3, -0.25) is 4.57 Å². The molecule has 150 valence electrons. The monoisotopic (exact) mass is 393 g/mol. The van der Waals surface area contributed by atoms with Crippen molar-refractivity contribution in [2.24, 2.45) is 0 Å². The van der Waals surface area contributed by atoms with Gasteiger partial charge in [0.25, 0.3) is 5.85 Å². The molecule has 10 nitrogen and oxygen atoms in total. The molecular formula is C17H20FN5O5. The number of imidazole rings is 1. The number of amides is 1. The molecule has 3 N–H and O–H groups in total. The molecule has 1 saturated heterocycles. The van der Waals surface area contributed by atoms with Crippen LogP contribution >= 0.6 is 0 Å². The predicted octanol–water partition coefficient (Wildman–Crippen LogP) is 0.191. The van der Waals surface area contributed by atoms with Gasteiger partial charge in [0.2, 0.25) is 11.7 Å². The molecule has 0 unspecified atom stereocenters. The molecular weight excluding hydrogens is 373 g/mol. The van der Waals surface area contributed by atoms with Crippen LogP contribution in [0.5, 0.6) is 0 Å². The molecule has 4 atom stereocenters. The minimum absolute atomic E-state index is 0.225. The molecule has 1 fully saturated rings. The number of nitrogens with one attached hydrogen (secondary N) is 1. The first-order chi connectivity index (χ1) is 13.3. The van der Waals surface area contributed by atoms with Crippen LogP contribution in [-0.2, 0) is 9.47 Å². The average molecular weight is 393 g/mol. The number of hydrogen-bond donors (Lipinski definition) is 3. The first kappa shape index (κ1) is 19.9. The van der Waals surface area contributed by atoms with E-state index in [0.29, 0.717) is 17.6 Å². The number of hydrogen-bond acceptors (Lipinski definition) is 8. The van der Waals surface area contributed by atoms with Crippen LogP contribution < -0.4 is 5.32 Å². The van der Waals surface area contributed by atoms with E-state index in [1.54, 1.807) is 6.92 Å². The van der Waals surface area contributed by atoms with Crippen molar-refractivity contribution in [3.63, 3.8) is 0 Å². The van der Waals surface area contributed by atoms with Gasteiger partial charge in [0.05, 0.1) is 12.0 Å². The number of aliphatic hydroxyl groups is 2. The van der Waals surface area contributed by atoms with Crippen LogP contribution in [0.3, 0.4) is 0 Å². The van der Waals surface area contributed by atoms with Gasteiger partial charge in [0.1, 0.15) is 18.5 Å². The van der Waals surface area contributed by atoms with Crippen molar-refractivity contribution in [1.29, 1.82) is 0 Å². The second-order valence-corrected chi connectivity index (χ2v) is 6.38. The normalized spacial score (nSPS) is 29.6. The van der Waals surface area contributed by atoms with Crippen LogP contribution in [0.2, 0.25) is 0 Å². The second kappa shape index (κ2) is 7.31. The second-order valence-electron chi connectivity index (χ2n) is 6.38. The summed E-state index contributed by atoms with van der Waals surface area (Å²) in [5.41, 5.74) is -1.29. The summed E-state index contributed by atoms with van der Waals surface area (Å²) in [6.45, 7) is 2.57. The summed E-state index contributed by atoms with van der Waals surface area (Å²) < 4.78 is 26.8. The van der Waals surface area contributed by atoms with E-state index in [-0.39, 0.29) is 12.2 Å². The summed E-state index contributed by atoms with van der Waals surface area (Å²) >= 11 is 0. The van der Waals surface area contributed by atoms with Crippen LogP contribution in [-0.4, -0.2) is 66.5 Å². The SMILES string of the molecule is C#C[C@]1(O)[C@H](n2cnc3c(C)ncnc32)O[C@](F)(CO)[C@H]1OC(=O)NCCC. The molecule has 3 heterocycles. The Labute approximate surface area is 159 Å². The third-order valence-corrected chi connectivity index (χ3v) is 4.46. The predicted molar refractivity (Wildman–Crippen MR) is 93.5 cm³/mol. The van der Waals surface area contributed by atoms with Crippen molar-refractivity contribution in [2.45, 2.75) is 44.1 Å². The fourth-order valence-electron chi connectivity index (χ4n) is 3.03. The van der Waals surface area contributed by atoms with Gasteiger partial charge in [0, 0.05) is 6.54 Å². The molecule has 1 aliphatic rings. The molecule has 0 saturated carbocycles. The van der Waals surface area contributed by atoms with E-state index >= 15 is 4.39 Å². The zero-order chi connectivity index (χ0) is 20.5. The highest BCUT2D eigenvalue weighted by atomic mass is 19.2. The van der Waals surface area contributed by atoms with Gasteiger partial charge in [-0.25, -0.2) is 24.1 Å². The fourth-order valence-corrected chi connectivity index (χ4v) is 3.03. The molecule has 1 amide bonds. The molecule has 0 bridgehead atoms. The summed E-state index contributed by atoms with van der Waals surface area (Å²) in [5.74, 6) is -0.909. The number of fused-ring (bicyclic) bond motifs is 1. The minimum Gasteiger partial charge on any atom is -0.436 e. The van der Waals surface area contributed by atoms with Gasteiger partial charge >= 0.3 is 6.09 Å². The number of terminal acetylenes is 1. The molecule has 2 aromatic rings. The maximum Gasteiger partial charge on any atom is 0.407 e. The van der Waals surface area contributed by atoms with Gasteiger partial charge in [-0.15, -0.1) is 6.42 Å². The van der Waals surface area contributed by atoms with E-state index in [0.717, 1.165) is 0 Å². The number of rotatable bonds is 5. The summed E-state index contributed by atoms with van der Waals surface area (Å²) in [6.07, 6.45) is 4.02. The summed E-state index contributed by atoms with van der Waals surface area (Å²) in [4.78, 5) is 24.2. The van der Waals surface area contributed by atoms with E-state index in [1.807, 2.05) is 12.8 Å². The van der Waals surface area contributed by atoms with Crippen molar-refractivity contribution >= 4 is 17.3 Å². The lowest BCUT2D eigenvalue weighted by atomic mass is 9.93. The Morgan fingerprint density at radius 2 is 2.29 bits per heavy atom. The third kappa shape index (κ3) is 3.05. The molecule has 0 aromatic carbocycles. The number of carbonyl (C=O) groups excluding carboxylic acids is 1. The van der Waals surface area contributed by atoms with E-state index in [4.69, 9.17) is 15.9 Å². The Balaban J connectivity index is 2.04. The van der Waals surface area contributed by atoms with Gasteiger partial charge in [0.15, 0.2) is 11.9 Å². The average Bonchev–Trinajstić information content (AvgIpc) is 3.21. The van der Waals surface area contributed by atoms with E-state index in [2.05, 4.69) is 20.3 Å². The molecule has 28 heavy (non-hydrogen) atoms. The lowest BCUT2D eigenvalue weighted by Gasteiger charge is -2.29. The minimum atomic E-state index is -2.95. The fraction of sp³-hybridized carbons (Fsp3) is 0.529. The standard InChI is InChI=1S/C17H20FN5O5/c1-4-6-19-15(25)27-13-16(26,5-2)14(28-17(13,18)7-24)23-9-22-11-10(3)20-8-21-12(11)23/h2,8-9,13-14,24,26H,4,6-7H2,1,3H3,(H,19,25)/t13-,14+,16+,17+/m0/s1. The number of aryl methyl sites for hydroxylation is 1. The molecule has 0 spiro atoms. The maximum atomic E-state index is 15.3. The van der Waals surface area contributed by atoms with Gasteiger partial charge in [-0.05, 0) is 13.3 Å². The smallest absolute Gasteiger partial charge is 0.407 e. The number of aliphatic hydroxyl groups excluding tert-OH is 1. The van der Waals surface area contributed by atoms with Crippen LogP contribution in [0.15, 0.2) is 12.7 Å². The molecule has 2 aromatic heterocycles. The Bertz CT molecular complexity index is 930. The van der Waals surface area contributed by atoms with Gasteiger partial charge in [-0.1, -0.05) is 12.8 Å². The topological polar surface area (TPSA) is 132 Å². The number of alkyl carbamates (subject to hydrolysis) is 1. The lowest BCUT2D eigenvalue weighted by molar-refractivity contribution is -0.206. The number of alkyl halides is 1. The van der Waals surface area contributed by atoms with E-state index < -0.39 is 36.5 Å². The molecule has 0 aliphatic carbocycles. The Kier molecular flexibility index (Phi) is 5.20. The summed E-state index contributed by atoms with van der Waals surface area (Å²) in [7, 11) is 0. The number of nitrogens with zero attached hydrogens (tertiary/aromatic N) is 4. The van der Waals surface area contributed by atoms with E-state index in [9.17, 15) is 15.0 Å². The Morgan fingerprint density at radius 3 is 2.93 bits per heavy atom. The zero-order valence-corrected chi connectivity index (χ0v) is 15.3. The largest absolute Gasteiger partial charge is 0.436 e. The molecule has 1 aliphatic heterocycles. The first-order valence-electron chi connectivity index (χ1n) is 8.57. The third-order valence-electron chi connectivity index (χ3n) is 4.46. The summed E-state index contributed by atoms with van der Waals surface area (Å²) in [6, 6.07) is 0.